The highest BCUT2D eigenvalue weighted by Gasteiger charge is 2.53. The minimum Gasteiger partial charge on any atom is -0.492 e. The van der Waals surface area contributed by atoms with Crippen molar-refractivity contribution in [1.82, 2.24) is 8.61 Å². The molecule has 9 heteroatoms. The van der Waals surface area contributed by atoms with E-state index in [2.05, 4.69) is 0 Å². The van der Waals surface area contributed by atoms with Crippen molar-refractivity contribution in [3.8, 4) is 5.75 Å². The SMILES string of the molecule is O=S(=O)(N1CCCC1)N1[C@H]2CC[C@H](C2)[C@H]1COc1cccc(C(F)(F)F)c1. The lowest BCUT2D eigenvalue weighted by Gasteiger charge is -2.36. The molecule has 0 amide bonds. The highest BCUT2D eigenvalue weighted by molar-refractivity contribution is 7.86. The molecule has 1 aromatic carbocycles. The van der Waals surface area contributed by atoms with E-state index in [1.807, 2.05) is 0 Å². The molecule has 0 N–H and O–H groups in total. The van der Waals surface area contributed by atoms with Gasteiger partial charge in [-0.05, 0) is 56.2 Å². The third-order valence-electron chi connectivity index (χ3n) is 5.92. The predicted octanol–water partition coefficient (Wildman–Crippen LogP) is 3.28. The van der Waals surface area contributed by atoms with Crippen molar-refractivity contribution in [2.75, 3.05) is 19.7 Å². The molecule has 0 aromatic heterocycles. The van der Waals surface area contributed by atoms with Gasteiger partial charge in [0.2, 0.25) is 0 Å². The lowest BCUT2D eigenvalue weighted by molar-refractivity contribution is -0.137. The van der Waals surface area contributed by atoms with Crippen LogP contribution >= 0.6 is 0 Å². The zero-order valence-electron chi connectivity index (χ0n) is 14.9. The van der Waals surface area contributed by atoms with Crippen molar-refractivity contribution >= 4 is 10.2 Å². The van der Waals surface area contributed by atoms with Crippen LogP contribution in [0.3, 0.4) is 0 Å². The van der Waals surface area contributed by atoms with E-state index in [9.17, 15) is 21.6 Å². The Kier molecular flexibility index (Phi) is 4.88. The van der Waals surface area contributed by atoms with E-state index in [0.717, 1.165) is 44.2 Å². The van der Waals surface area contributed by atoms with Crippen molar-refractivity contribution in [3.05, 3.63) is 29.8 Å². The van der Waals surface area contributed by atoms with Gasteiger partial charge in [-0.1, -0.05) is 6.07 Å². The van der Waals surface area contributed by atoms with E-state index in [-0.39, 0.29) is 30.4 Å². The number of rotatable bonds is 5. The van der Waals surface area contributed by atoms with E-state index in [1.165, 1.54) is 16.4 Å². The molecular formula is C18H23F3N2O3S. The summed E-state index contributed by atoms with van der Waals surface area (Å²) in [7, 11) is -3.55. The monoisotopic (exact) mass is 404 g/mol. The standard InChI is InChI=1S/C18H23F3N2O3S/c19-18(20,21)14-4-3-5-16(11-14)26-12-17-13-6-7-15(10-13)23(17)27(24,25)22-8-1-2-9-22/h3-5,11,13,15,17H,1-2,6-10,12H2/t13-,15+,17-/m1/s1. The number of alkyl halides is 3. The molecule has 1 aromatic rings. The fourth-order valence-electron chi connectivity index (χ4n) is 4.62. The summed E-state index contributed by atoms with van der Waals surface area (Å²) in [6, 6.07) is 4.40. The van der Waals surface area contributed by atoms with Crippen LogP contribution in [0, 0.1) is 5.92 Å². The zero-order valence-corrected chi connectivity index (χ0v) is 15.7. The van der Waals surface area contributed by atoms with Crippen LogP contribution < -0.4 is 4.74 Å². The second-order valence-electron chi connectivity index (χ2n) is 7.57. The van der Waals surface area contributed by atoms with Crippen LogP contribution in [-0.4, -0.2) is 48.8 Å². The summed E-state index contributed by atoms with van der Waals surface area (Å²) in [6.45, 7) is 1.16. The van der Waals surface area contributed by atoms with Gasteiger partial charge in [-0.3, -0.25) is 0 Å². The Hall–Kier alpha value is -1.32. The summed E-state index contributed by atoms with van der Waals surface area (Å²) in [5.41, 5.74) is -0.769. The van der Waals surface area contributed by atoms with Crippen LogP contribution in [0.15, 0.2) is 24.3 Å². The van der Waals surface area contributed by atoms with E-state index in [1.54, 1.807) is 4.31 Å². The Morgan fingerprint density at radius 2 is 1.89 bits per heavy atom. The number of halogens is 3. The maximum Gasteiger partial charge on any atom is 0.416 e. The van der Waals surface area contributed by atoms with Crippen LogP contribution in [-0.2, 0) is 16.4 Å². The number of ether oxygens (including phenoxy) is 1. The van der Waals surface area contributed by atoms with Crippen molar-refractivity contribution in [2.24, 2.45) is 5.92 Å². The van der Waals surface area contributed by atoms with Crippen molar-refractivity contribution < 1.29 is 26.3 Å². The zero-order chi connectivity index (χ0) is 19.2. The van der Waals surface area contributed by atoms with Crippen LogP contribution in [0.25, 0.3) is 0 Å². The molecule has 3 atom stereocenters. The summed E-state index contributed by atoms with van der Waals surface area (Å²) >= 11 is 0. The van der Waals surface area contributed by atoms with E-state index in [4.69, 9.17) is 4.74 Å². The molecule has 2 heterocycles. The molecule has 27 heavy (non-hydrogen) atoms. The highest BCUT2D eigenvalue weighted by Crippen LogP contribution is 2.45. The van der Waals surface area contributed by atoms with Crippen LogP contribution in [0.4, 0.5) is 13.2 Å². The fourth-order valence-corrected chi connectivity index (χ4v) is 6.75. The Balaban J connectivity index is 1.51. The first-order valence-electron chi connectivity index (χ1n) is 9.35. The summed E-state index contributed by atoms with van der Waals surface area (Å²) < 4.78 is 73.5. The van der Waals surface area contributed by atoms with Gasteiger partial charge in [-0.2, -0.15) is 30.2 Å². The second kappa shape index (κ2) is 6.93. The average molecular weight is 404 g/mol. The molecule has 1 aliphatic carbocycles. The van der Waals surface area contributed by atoms with E-state index in [0.29, 0.717) is 13.1 Å². The van der Waals surface area contributed by atoms with Gasteiger partial charge in [0.1, 0.15) is 12.4 Å². The lowest BCUT2D eigenvalue weighted by Crippen LogP contribution is -2.52. The number of piperidine rings is 1. The number of benzene rings is 1. The first kappa shape index (κ1) is 19.0. The number of nitrogens with zero attached hydrogens (tertiary/aromatic N) is 2. The largest absolute Gasteiger partial charge is 0.492 e. The van der Waals surface area contributed by atoms with Crippen molar-refractivity contribution in [1.29, 1.82) is 0 Å². The molecule has 4 rings (SSSR count). The van der Waals surface area contributed by atoms with Gasteiger partial charge in [0.25, 0.3) is 10.2 Å². The van der Waals surface area contributed by atoms with E-state index >= 15 is 0 Å². The molecular weight excluding hydrogens is 381 g/mol. The van der Waals surface area contributed by atoms with Crippen LogP contribution in [0.2, 0.25) is 0 Å². The molecule has 0 radical (unpaired) electrons. The summed E-state index contributed by atoms with van der Waals surface area (Å²) in [6.07, 6.45) is -0.106. The minimum atomic E-state index is -4.43. The van der Waals surface area contributed by atoms with Gasteiger partial charge in [-0.15, -0.1) is 0 Å². The Labute approximate surface area is 157 Å². The smallest absolute Gasteiger partial charge is 0.416 e. The Morgan fingerprint density at radius 3 is 2.59 bits per heavy atom. The van der Waals surface area contributed by atoms with Gasteiger partial charge < -0.3 is 4.74 Å². The van der Waals surface area contributed by atoms with Crippen LogP contribution in [0.5, 0.6) is 5.75 Å². The van der Waals surface area contributed by atoms with Gasteiger partial charge in [0.15, 0.2) is 0 Å². The number of hydrogen-bond donors (Lipinski definition) is 0. The molecule has 0 spiro atoms. The van der Waals surface area contributed by atoms with Gasteiger partial charge in [-0.25, -0.2) is 0 Å². The minimum absolute atomic E-state index is 0.0179. The van der Waals surface area contributed by atoms with Crippen molar-refractivity contribution in [2.45, 2.75) is 50.4 Å². The van der Waals surface area contributed by atoms with Gasteiger partial charge >= 0.3 is 6.18 Å². The lowest BCUT2D eigenvalue weighted by atomic mass is 10.0. The van der Waals surface area contributed by atoms with Crippen molar-refractivity contribution in [3.63, 3.8) is 0 Å². The Morgan fingerprint density at radius 1 is 1.15 bits per heavy atom. The molecule has 2 bridgehead atoms. The first-order chi connectivity index (χ1) is 12.8. The maximum absolute atomic E-state index is 13.1. The quantitative estimate of drug-likeness (QED) is 0.757. The average Bonchev–Trinajstić information content (AvgIpc) is 3.35. The van der Waals surface area contributed by atoms with Crippen LogP contribution in [0.1, 0.15) is 37.7 Å². The molecule has 2 aliphatic heterocycles. The third-order valence-corrected chi connectivity index (χ3v) is 8.04. The Bertz CT molecular complexity index is 793. The topological polar surface area (TPSA) is 49.9 Å². The number of fused-ring (bicyclic) bond motifs is 2. The normalized spacial score (nSPS) is 29.5. The van der Waals surface area contributed by atoms with Gasteiger partial charge in [0, 0.05) is 19.1 Å². The summed E-state index contributed by atoms with van der Waals surface area (Å²) in [5.74, 6) is 0.323. The first-order valence-corrected chi connectivity index (χ1v) is 10.7. The molecule has 0 unspecified atom stereocenters. The highest BCUT2D eigenvalue weighted by atomic mass is 32.2. The molecule has 5 nitrogen and oxygen atoms in total. The summed E-state index contributed by atoms with van der Waals surface area (Å²) in [4.78, 5) is 0. The molecule has 1 saturated carbocycles. The number of hydrogen-bond acceptors (Lipinski definition) is 3. The molecule has 3 aliphatic rings. The summed E-state index contributed by atoms with van der Waals surface area (Å²) in [5, 5.41) is 0. The maximum atomic E-state index is 13.1. The fraction of sp³-hybridized carbons (Fsp3) is 0.667. The van der Waals surface area contributed by atoms with Gasteiger partial charge in [0.05, 0.1) is 11.6 Å². The molecule has 3 fully saturated rings. The predicted molar refractivity (Wildman–Crippen MR) is 93.4 cm³/mol. The molecule has 150 valence electrons. The second-order valence-corrected chi connectivity index (χ2v) is 9.41. The van der Waals surface area contributed by atoms with E-state index < -0.39 is 21.9 Å². The molecule has 2 saturated heterocycles. The third kappa shape index (κ3) is 3.56.